The van der Waals surface area contributed by atoms with Gasteiger partial charge in [0.15, 0.2) is 17.7 Å². The van der Waals surface area contributed by atoms with Gasteiger partial charge >= 0.3 is 5.97 Å². The molecule has 0 spiro atoms. The van der Waals surface area contributed by atoms with Crippen LogP contribution in [0.25, 0.3) is 0 Å². The van der Waals surface area contributed by atoms with E-state index in [1.165, 1.54) is 19.2 Å². The van der Waals surface area contributed by atoms with Gasteiger partial charge in [-0.2, -0.15) is 0 Å². The third-order valence-electron chi connectivity index (χ3n) is 3.09. The first-order valence-electron chi connectivity index (χ1n) is 6.38. The van der Waals surface area contributed by atoms with Gasteiger partial charge in [-0.3, -0.25) is 0 Å². The summed E-state index contributed by atoms with van der Waals surface area (Å²) in [6.45, 7) is 1.92. The predicted molar refractivity (Wildman–Crippen MR) is 75.9 cm³/mol. The molecule has 0 fully saturated rings. The van der Waals surface area contributed by atoms with Gasteiger partial charge in [-0.05, 0) is 25.1 Å². The number of carbonyl (C=O) groups is 1. The molecule has 21 heavy (non-hydrogen) atoms. The van der Waals surface area contributed by atoms with Gasteiger partial charge in [0, 0.05) is 11.3 Å². The summed E-state index contributed by atoms with van der Waals surface area (Å²) in [4.78, 5) is 11.9. The number of rotatable bonds is 4. The number of hydrogen-bond donors (Lipinski definition) is 1. The summed E-state index contributed by atoms with van der Waals surface area (Å²) < 4.78 is 31.9. The number of halogens is 2. The van der Waals surface area contributed by atoms with E-state index in [1.54, 1.807) is 12.1 Å². The fraction of sp³-hybridized carbons (Fsp3) is 0.188. The fourth-order valence-corrected chi connectivity index (χ4v) is 1.94. The lowest BCUT2D eigenvalue weighted by atomic mass is 10.1. The van der Waals surface area contributed by atoms with Crippen molar-refractivity contribution in [3.63, 3.8) is 0 Å². The molecule has 2 aromatic rings. The van der Waals surface area contributed by atoms with Crippen LogP contribution in [0.1, 0.15) is 17.2 Å². The van der Waals surface area contributed by atoms with E-state index in [1.807, 2.05) is 19.1 Å². The SMILES string of the molecule is COC(=O)C(Nc1ccc(C)cc1)c1cccc(F)c1F. The lowest BCUT2D eigenvalue weighted by molar-refractivity contribution is -0.141. The standard InChI is InChI=1S/C16H15F2NO2/c1-10-6-8-11(9-7-10)19-15(16(20)21-2)12-4-3-5-13(17)14(12)18/h3-9,15,19H,1-2H3. The number of benzene rings is 2. The van der Waals surface area contributed by atoms with Gasteiger partial charge in [0.1, 0.15) is 0 Å². The molecule has 1 atom stereocenters. The van der Waals surface area contributed by atoms with Crippen molar-refractivity contribution in [2.75, 3.05) is 12.4 Å². The molecular formula is C16H15F2NO2. The van der Waals surface area contributed by atoms with E-state index >= 15 is 0 Å². The Morgan fingerprint density at radius 2 is 1.81 bits per heavy atom. The van der Waals surface area contributed by atoms with Crippen LogP contribution in [0.3, 0.4) is 0 Å². The van der Waals surface area contributed by atoms with E-state index in [2.05, 4.69) is 10.1 Å². The summed E-state index contributed by atoms with van der Waals surface area (Å²) in [6, 6.07) is 9.77. The van der Waals surface area contributed by atoms with Crippen LogP contribution in [-0.2, 0) is 9.53 Å². The van der Waals surface area contributed by atoms with E-state index in [4.69, 9.17) is 0 Å². The highest BCUT2D eigenvalue weighted by molar-refractivity contribution is 5.81. The molecule has 5 heteroatoms. The first kappa shape index (κ1) is 15.0. The van der Waals surface area contributed by atoms with E-state index in [-0.39, 0.29) is 5.56 Å². The quantitative estimate of drug-likeness (QED) is 0.875. The number of aryl methyl sites for hydroxylation is 1. The van der Waals surface area contributed by atoms with Crippen molar-refractivity contribution in [1.29, 1.82) is 0 Å². The summed E-state index contributed by atoms with van der Waals surface area (Å²) in [6.07, 6.45) is 0. The average molecular weight is 291 g/mol. The Balaban J connectivity index is 2.37. The second-order valence-corrected chi connectivity index (χ2v) is 4.61. The molecule has 0 aliphatic heterocycles. The zero-order chi connectivity index (χ0) is 15.4. The van der Waals surface area contributed by atoms with Crippen LogP contribution in [-0.4, -0.2) is 13.1 Å². The number of anilines is 1. The first-order chi connectivity index (χ1) is 10.0. The van der Waals surface area contributed by atoms with Crippen LogP contribution in [0, 0.1) is 18.6 Å². The second kappa shape index (κ2) is 6.35. The highest BCUT2D eigenvalue weighted by Gasteiger charge is 2.25. The van der Waals surface area contributed by atoms with Crippen LogP contribution in [0.4, 0.5) is 14.5 Å². The van der Waals surface area contributed by atoms with E-state index in [9.17, 15) is 13.6 Å². The molecule has 3 nitrogen and oxygen atoms in total. The maximum atomic E-state index is 13.9. The number of esters is 1. The monoisotopic (exact) mass is 291 g/mol. The van der Waals surface area contributed by atoms with Crippen LogP contribution < -0.4 is 5.32 Å². The van der Waals surface area contributed by atoms with Crippen LogP contribution >= 0.6 is 0 Å². The van der Waals surface area contributed by atoms with E-state index in [0.29, 0.717) is 5.69 Å². The number of methoxy groups -OCH3 is 1. The minimum absolute atomic E-state index is 0.0950. The summed E-state index contributed by atoms with van der Waals surface area (Å²) in [7, 11) is 1.20. The molecule has 2 rings (SSSR count). The molecule has 0 saturated carbocycles. The van der Waals surface area contributed by atoms with Crippen molar-refractivity contribution < 1.29 is 18.3 Å². The van der Waals surface area contributed by atoms with Gasteiger partial charge < -0.3 is 10.1 Å². The van der Waals surface area contributed by atoms with Gasteiger partial charge in [-0.1, -0.05) is 29.8 Å². The molecule has 0 bridgehead atoms. The molecule has 1 unspecified atom stereocenters. The Morgan fingerprint density at radius 3 is 2.43 bits per heavy atom. The summed E-state index contributed by atoms with van der Waals surface area (Å²) in [5, 5.41) is 2.86. The van der Waals surface area contributed by atoms with Gasteiger partial charge in [-0.15, -0.1) is 0 Å². The van der Waals surface area contributed by atoms with Gasteiger partial charge in [0.25, 0.3) is 0 Å². The van der Waals surface area contributed by atoms with Crippen molar-refractivity contribution in [3.05, 3.63) is 65.2 Å². The van der Waals surface area contributed by atoms with Gasteiger partial charge in [0.05, 0.1) is 7.11 Å². The maximum absolute atomic E-state index is 13.9. The third-order valence-corrected chi connectivity index (χ3v) is 3.09. The smallest absolute Gasteiger partial charge is 0.333 e. The van der Waals surface area contributed by atoms with Crippen LogP contribution in [0.2, 0.25) is 0 Å². The number of hydrogen-bond acceptors (Lipinski definition) is 3. The molecule has 2 aromatic carbocycles. The summed E-state index contributed by atoms with van der Waals surface area (Å²) in [5.41, 5.74) is 1.56. The van der Waals surface area contributed by atoms with Crippen molar-refractivity contribution in [2.45, 2.75) is 13.0 Å². The topological polar surface area (TPSA) is 38.3 Å². The molecule has 1 N–H and O–H groups in total. The van der Waals surface area contributed by atoms with E-state index in [0.717, 1.165) is 11.6 Å². The molecular weight excluding hydrogens is 276 g/mol. The largest absolute Gasteiger partial charge is 0.467 e. The highest BCUT2D eigenvalue weighted by atomic mass is 19.2. The Hall–Kier alpha value is -2.43. The molecule has 0 amide bonds. The van der Waals surface area contributed by atoms with Gasteiger partial charge in [0.2, 0.25) is 0 Å². The van der Waals surface area contributed by atoms with Crippen LogP contribution in [0.15, 0.2) is 42.5 Å². The Morgan fingerprint density at radius 1 is 1.14 bits per heavy atom. The Kier molecular flexibility index (Phi) is 4.52. The molecule has 0 radical (unpaired) electrons. The summed E-state index contributed by atoms with van der Waals surface area (Å²) >= 11 is 0. The average Bonchev–Trinajstić information content (AvgIpc) is 2.49. The predicted octanol–water partition coefficient (Wildman–Crippen LogP) is 3.60. The second-order valence-electron chi connectivity index (χ2n) is 4.61. The van der Waals surface area contributed by atoms with Crippen molar-refractivity contribution >= 4 is 11.7 Å². The maximum Gasteiger partial charge on any atom is 0.333 e. The zero-order valence-corrected chi connectivity index (χ0v) is 11.7. The fourth-order valence-electron chi connectivity index (χ4n) is 1.94. The minimum atomic E-state index is -1.12. The first-order valence-corrected chi connectivity index (χ1v) is 6.38. The van der Waals surface area contributed by atoms with Crippen LogP contribution in [0.5, 0.6) is 0 Å². The minimum Gasteiger partial charge on any atom is -0.467 e. The van der Waals surface area contributed by atoms with Crippen molar-refractivity contribution in [3.8, 4) is 0 Å². The number of ether oxygens (including phenoxy) is 1. The van der Waals surface area contributed by atoms with E-state index < -0.39 is 23.6 Å². The molecule has 0 heterocycles. The lowest BCUT2D eigenvalue weighted by Gasteiger charge is -2.19. The molecule has 0 aromatic heterocycles. The normalized spacial score (nSPS) is 11.8. The van der Waals surface area contributed by atoms with Crippen molar-refractivity contribution in [1.82, 2.24) is 0 Å². The molecule has 110 valence electrons. The Labute approximate surface area is 121 Å². The Bertz CT molecular complexity index is 641. The lowest BCUT2D eigenvalue weighted by Crippen LogP contribution is -2.23. The van der Waals surface area contributed by atoms with Gasteiger partial charge in [-0.25, -0.2) is 13.6 Å². The highest BCUT2D eigenvalue weighted by Crippen LogP contribution is 2.25. The summed E-state index contributed by atoms with van der Waals surface area (Å²) in [5.74, 6) is -2.76. The number of carbonyl (C=O) groups excluding carboxylic acids is 1. The number of nitrogens with one attached hydrogen (secondary N) is 1. The third kappa shape index (κ3) is 3.37. The molecule has 0 saturated heterocycles. The molecule has 0 aliphatic rings. The molecule has 0 aliphatic carbocycles. The zero-order valence-electron chi connectivity index (χ0n) is 11.7. The van der Waals surface area contributed by atoms with Crippen molar-refractivity contribution in [2.24, 2.45) is 0 Å².